The zero-order valence-corrected chi connectivity index (χ0v) is 19.1. The zero-order valence-electron chi connectivity index (χ0n) is 18.4. The SMILES string of the molecule is CN(CC(=O)Nc1ccccc1Cl)C(=O)CNc1ccccc1CN1CCC(CO)CC1. The Labute approximate surface area is 194 Å². The van der Waals surface area contributed by atoms with E-state index >= 15 is 0 Å². The number of carbonyl (C=O) groups is 2. The fourth-order valence-corrected chi connectivity index (χ4v) is 3.94. The van der Waals surface area contributed by atoms with Crippen molar-refractivity contribution in [2.45, 2.75) is 19.4 Å². The number of likely N-dealkylation sites (N-methyl/N-ethyl adjacent to an activating group) is 1. The lowest BCUT2D eigenvalue weighted by Gasteiger charge is -2.31. The average molecular weight is 459 g/mol. The Morgan fingerprint density at radius 3 is 2.44 bits per heavy atom. The van der Waals surface area contributed by atoms with Crippen LogP contribution in [0.15, 0.2) is 48.5 Å². The quantitative estimate of drug-likeness (QED) is 0.537. The standard InChI is InChI=1S/C24H31ClN4O3/c1-28(16-23(31)27-22-9-5-3-7-20(22)25)24(32)14-26-21-8-4-2-6-19(21)15-29-12-10-18(17-30)11-13-29/h2-9,18,26,30H,10-17H2,1H3,(H,27,31). The van der Waals surface area contributed by atoms with Gasteiger partial charge in [0.1, 0.15) is 0 Å². The number of nitrogens with one attached hydrogen (secondary N) is 2. The third-order valence-corrected chi connectivity index (χ3v) is 6.09. The third-order valence-electron chi connectivity index (χ3n) is 5.76. The molecule has 1 saturated heterocycles. The third kappa shape index (κ3) is 6.95. The highest BCUT2D eigenvalue weighted by Crippen LogP contribution is 2.22. The van der Waals surface area contributed by atoms with E-state index in [1.54, 1.807) is 31.3 Å². The Morgan fingerprint density at radius 2 is 1.75 bits per heavy atom. The highest BCUT2D eigenvalue weighted by molar-refractivity contribution is 6.33. The molecule has 0 unspecified atom stereocenters. The van der Waals surface area contributed by atoms with Crippen molar-refractivity contribution in [3.8, 4) is 0 Å². The second-order valence-electron chi connectivity index (χ2n) is 8.19. The van der Waals surface area contributed by atoms with Crippen molar-refractivity contribution in [2.24, 2.45) is 5.92 Å². The van der Waals surface area contributed by atoms with Gasteiger partial charge in [-0.25, -0.2) is 0 Å². The van der Waals surface area contributed by atoms with Crippen molar-refractivity contribution in [1.29, 1.82) is 0 Å². The van der Waals surface area contributed by atoms with Gasteiger partial charge in [-0.05, 0) is 55.6 Å². The lowest BCUT2D eigenvalue weighted by Crippen LogP contribution is -2.38. The highest BCUT2D eigenvalue weighted by Gasteiger charge is 2.19. The Hall–Kier alpha value is -2.61. The van der Waals surface area contributed by atoms with Gasteiger partial charge in [-0.2, -0.15) is 0 Å². The van der Waals surface area contributed by atoms with Gasteiger partial charge in [-0.1, -0.05) is 41.9 Å². The van der Waals surface area contributed by atoms with E-state index in [2.05, 4.69) is 21.6 Å². The van der Waals surface area contributed by atoms with Gasteiger partial charge >= 0.3 is 0 Å². The number of piperidine rings is 1. The molecular formula is C24H31ClN4O3. The smallest absolute Gasteiger partial charge is 0.244 e. The van der Waals surface area contributed by atoms with Crippen LogP contribution in [0, 0.1) is 5.92 Å². The van der Waals surface area contributed by atoms with E-state index in [-0.39, 0.29) is 31.5 Å². The van der Waals surface area contributed by atoms with Crippen LogP contribution in [-0.4, -0.2) is 66.6 Å². The zero-order chi connectivity index (χ0) is 22.9. The number of nitrogens with zero attached hydrogens (tertiary/aromatic N) is 2. The number of carbonyl (C=O) groups excluding carboxylic acids is 2. The van der Waals surface area contributed by atoms with Crippen LogP contribution in [0.4, 0.5) is 11.4 Å². The summed E-state index contributed by atoms with van der Waals surface area (Å²) in [6.07, 6.45) is 2.01. The van der Waals surface area contributed by atoms with E-state index in [4.69, 9.17) is 11.6 Å². The van der Waals surface area contributed by atoms with E-state index < -0.39 is 0 Å². The van der Waals surface area contributed by atoms with Crippen molar-refractivity contribution in [3.63, 3.8) is 0 Å². The van der Waals surface area contributed by atoms with Crippen LogP contribution in [0.3, 0.4) is 0 Å². The summed E-state index contributed by atoms with van der Waals surface area (Å²) in [6, 6.07) is 14.9. The maximum Gasteiger partial charge on any atom is 0.244 e. The number of para-hydroxylation sites is 2. The molecule has 172 valence electrons. The number of rotatable bonds is 9. The normalized spacial score (nSPS) is 14.7. The molecule has 3 rings (SSSR count). The number of aliphatic hydroxyl groups excluding tert-OH is 1. The molecule has 8 heteroatoms. The number of benzene rings is 2. The molecule has 0 atom stereocenters. The summed E-state index contributed by atoms with van der Waals surface area (Å²) in [5.41, 5.74) is 2.57. The molecule has 2 amide bonds. The molecule has 7 nitrogen and oxygen atoms in total. The predicted octanol–water partition coefficient (Wildman–Crippen LogP) is 3.05. The van der Waals surface area contributed by atoms with E-state index in [0.29, 0.717) is 16.6 Å². The Bertz CT molecular complexity index is 916. The largest absolute Gasteiger partial charge is 0.396 e. The molecule has 0 aromatic heterocycles. The lowest BCUT2D eigenvalue weighted by atomic mass is 9.97. The van der Waals surface area contributed by atoms with Crippen molar-refractivity contribution in [1.82, 2.24) is 9.80 Å². The first-order valence-electron chi connectivity index (χ1n) is 10.9. The Morgan fingerprint density at radius 1 is 1.09 bits per heavy atom. The number of likely N-dealkylation sites (tertiary alicyclic amines) is 1. The van der Waals surface area contributed by atoms with E-state index in [1.807, 2.05) is 18.2 Å². The van der Waals surface area contributed by atoms with Crippen LogP contribution < -0.4 is 10.6 Å². The summed E-state index contributed by atoms with van der Waals surface area (Å²) in [5.74, 6) is -0.0820. The van der Waals surface area contributed by atoms with Crippen molar-refractivity contribution in [3.05, 3.63) is 59.1 Å². The molecule has 2 aromatic carbocycles. The second-order valence-corrected chi connectivity index (χ2v) is 8.60. The van der Waals surface area contributed by atoms with Gasteiger partial charge in [0.2, 0.25) is 11.8 Å². The van der Waals surface area contributed by atoms with Crippen LogP contribution in [0.25, 0.3) is 0 Å². The van der Waals surface area contributed by atoms with E-state index in [1.165, 1.54) is 4.90 Å². The molecule has 32 heavy (non-hydrogen) atoms. The van der Waals surface area contributed by atoms with Gasteiger partial charge in [0.15, 0.2) is 0 Å². The molecule has 1 heterocycles. The summed E-state index contributed by atoms with van der Waals surface area (Å²) in [7, 11) is 1.60. The molecular weight excluding hydrogens is 428 g/mol. The average Bonchev–Trinajstić information content (AvgIpc) is 2.80. The number of aliphatic hydroxyl groups is 1. The van der Waals surface area contributed by atoms with Gasteiger partial charge in [0, 0.05) is 25.9 Å². The summed E-state index contributed by atoms with van der Waals surface area (Å²) >= 11 is 6.06. The maximum absolute atomic E-state index is 12.6. The lowest BCUT2D eigenvalue weighted by molar-refractivity contribution is -0.131. The molecule has 3 N–H and O–H groups in total. The minimum Gasteiger partial charge on any atom is -0.396 e. The molecule has 1 fully saturated rings. The number of amides is 2. The molecule has 0 bridgehead atoms. The highest BCUT2D eigenvalue weighted by atomic mass is 35.5. The number of anilines is 2. The molecule has 2 aromatic rings. The van der Waals surface area contributed by atoms with E-state index in [9.17, 15) is 14.7 Å². The van der Waals surface area contributed by atoms with Crippen LogP contribution in [0.2, 0.25) is 5.02 Å². The molecule has 0 saturated carbocycles. The summed E-state index contributed by atoms with van der Waals surface area (Å²) < 4.78 is 0. The number of hydrogen-bond acceptors (Lipinski definition) is 5. The van der Waals surface area contributed by atoms with Gasteiger partial charge < -0.3 is 20.6 Å². The summed E-state index contributed by atoms with van der Waals surface area (Å²) in [6.45, 7) is 3.01. The van der Waals surface area contributed by atoms with Crippen LogP contribution in [0.1, 0.15) is 18.4 Å². The summed E-state index contributed by atoms with van der Waals surface area (Å²) in [4.78, 5) is 28.6. The monoisotopic (exact) mass is 458 g/mol. The summed E-state index contributed by atoms with van der Waals surface area (Å²) in [5, 5.41) is 15.7. The van der Waals surface area contributed by atoms with Crippen LogP contribution in [-0.2, 0) is 16.1 Å². The first kappa shape index (κ1) is 24.0. The molecule has 0 radical (unpaired) electrons. The minimum absolute atomic E-state index is 0.0623. The van der Waals surface area contributed by atoms with Gasteiger partial charge in [0.05, 0.1) is 23.8 Å². The predicted molar refractivity (Wildman–Crippen MR) is 128 cm³/mol. The second kappa shape index (κ2) is 11.9. The van der Waals surface area contributed by atoms with E-state index in [0.717, 1.165) is 43.7 Å². The Balaban J connectivity index is 1.49. The fourth-order valence-electron chi connectivity index (χ4n) is 3.76. The van der Waals surface area contributed by atoms with Crippen molar-refractivity contribution >= 4 is 34.8 Å². The Kier molecular flexibility index (Phi) is 8.90. The topological polar surface area (TPSA) is 84.9 Å². The minimum atomic E-state index is -0.305. The first-order chi connectivity index (χ1) is 15.5. The van der Waals surface area contributed by atoms with Crippen molar-refractivity contribution < 1.29 is 14.7 Å². The molecule has 1 aliphatic rings. The number of hydrogen-bond donors (Lipinski definition) is 3. The molecule has 1 aliphatic heterocycles. The van der Waals surface area contributed by atoms with Gasteiger partial charge in [0.25, 0.3) is 0 Å². The fraction of sp³-hybridized carbons (Fsp3) is 0.417. The van der Waals surface area contributed by atoms with Crippen LogP contribution in [0.5, 0.6) is 0 Å². The van der Waals surface area contributed by atoms with Gasteiger partial charge in [-0.15, -0.1) is 0 Å². The molecule has 0 spiro atoms. The maximum atomic E-state index is 12.6. The first-order valence-corrected chi connectivity index (χ1v) is 11.3. The van der Waals surface area contributed by atoms with Crippen molar-refractivity contribution in [2.75, 3.05) is 50.5 Å². The molecule has 0 aliphatic carbocycles. The van der Waals surface area contributed by atoms with Gasteiger partial charge in [-0.3, -0.25) is 14.5 Å². The number of halogens is 1. The van der Waals surface area contributed by atoms with Crippen LogP contribution >= 0.6 is 11.6 Å².